The third-order valence-electron chi connectivity index (χ3n) is 6.93. The molecule has 1 fully saturated rings. The van der Waals surface area contributed by atoms with Gasteiger partial charge in [0.05, 0.1) is 18.8 Å². The molecule has 2 heterocycles. The Kier molecular flexibility index (Phi) is 5.80. The van der Waals surface area contributed by atoms with Gasteiger partial charge >= 0.3 is 0 Å². The van der Waals surface area contributed by atoms with Crippen molar-refractivity contribution in [3.8, 4) is 11.5 Å². The first-order valence-electron chi connectivity index (χ1n) is 11.6. The van der Waals surface area contributed by atoms with E-state index < -0.39 is 12.2 Å². The minimum absolute atomic E-state index is 0.350. The van der Waals surface area contributed by atoms with Crippen molar-refractivity contribution in [3.63, 3.8) is 0 Å². The molecule has 0 aliphatic carbocycles. The van der Waals surface area contributed by atoms with Crippen LogP contribution in [-0.2, 0) is 0 Å². The summed E-state index contributed by atoms with van der Waals surface area (Å²) in [6.45, 7) is 4.85. The summed E-state index contributed by atoms with van der Waals surface area (Å²) in [5.41, 5.74) is 1.44. The third kappa shape index (κ3) is 4.08. The highest BCUT2D eigenvalue weighted by atomic mass is 16.5. The zero-order valence-corrected chi connectivity index (χ0v) is 18.5. The Hall–Kier alpha value is -2.60. The topological polar surface area (TPSA) is 62.2 Å². The number of fused-ring (bicyclic) bond motifs is 3. The molecule has 5 rings (SSSR count). The Bertz CT molecular complexity index is 1070. The van der Waals surface area contributed by atoms with Crippen LogP contribution in [-0.4, -0.2) is 47.0 Å². The lowest BCUT2D eigenvalue weighted by molar-refractivity contribution is -0.0577. The molecular formula is C27H31NO4. The number of hydrogen-bond donors (Lipinski definition) is 2. The van der Waals surface area contributed by atoms with Crippen molar-refractivity contribution in [2.45, 2.75) is 44.0 Å². The summed E-state index contributed by atoms with van der Waals surface area (Å²) >= 11 is 0. The molecule has 32 heavy (non-hydrogen) atoms. The van der Waals surface area contributed by atoms with E-state index in [4.69, 9.17) is 9.47 Å². The van der Waals surface area contributed by atoms with Gasteiger partial charge in [0.2, 0.25) is 0 Å². The van der Waals surface area contributed by atoms with E-state index in [-0.39, 0.29) is 5.60 Å². The van der Waals surface area contributed by atoms with Crippen LogP contribution in [0.4, 0.5) is 0 Å². The second-order valence-corrected chi connectivity index (χ2v) is 9.03. The highest BCUT2D eigenvalue weighted by Crippen LogP contribution is 2.47. The SMILES string of the molecule is CCOc1ccc(C(O)CN2CCC3(CC2)CC(O)c2ccc4ccccc4c2O3)cc1. The molecule has 2 aliphatic heterocycles. The zero-order chi connectivity index (χ0) is 22.1. The van der Waals surface area contributed by atoms with Crippen LogP contribution >= 0.6 is 0 Å². The number of likely N-dealkylation sites (tertiary alicyclic amines) is 1. The molecule has 1 saturated heterocycles. The molecule has 168 valence electrons. The maximum absolute atomic E-state index is 10.9. The molecule has 5 heteroatoms. The maximum atomic E-state index is 10.9. The Labute approximate surface area is 189 Å². The van der Waals surface area contributed by atoms with Gasteiger partial charge in [0.1, 0.15) is 17.1 Å². The molecule has 5 nitrogen and oxygen atoms in total. The van der Waals surface area contributed by atoms with Gasteiger partial charge in [0.15, 0.2) is 0 Å². The monoisotopic (exact) mass is 433 g/mol. The number of nitrogens with zero attached hydrogens (tertiary/aromatic N) is 1. The van der Waals surface area contributed by atoms with Gasteiger partial charge in [-0.3, -0.25) is 0 Å². The van der Waals surface area contributed by atoms with Crippen LogP contribution in [0.25, 0.3) is 10.8 Å². The summed E-state index contributed by atoms with van der Waals surface area (Å²) in [5, 5.41) is 23.8. The van der Waals surface area contributed by atoms with E-state index in [1.165, 1.54) is 0 Å². The molecule has 1 spiro atoms. The zero-order valence-electron chi connectivity index (χ0n) is 18.5. The van der Waals surface area contributed by atoms with Crippen LogP contribution in [0.15, 0.2) is 60.7 Å². The second-order valence-electron chi connectivity index (χ2n) is 9.03. The van der Waals surface area contributed by atoms with Crippen molar-refractivity contribution in [1.29, 1.82) is 0 Å². The summed E-state index contributed by atoms with van der Waals surface area (Å²) in [4.78, 5) is 2.29. The Morgan fingerprint density at radius 1 is 1.06 bits per heavy atom. The van der Waals surface area contributed by atoms with Crippen molar-refractivity contribution in [3.05, 3.63) is 71.8 Å². The Morgan fingerprint density at radius 3 is 2.56 bits per heavy atom. The summed E-state index contributed by atoms with van der Waals surface area (Å²) in [6, 6.07) is 19.9. The molecule has 0 saturated carbocycles. The highest BCUT2D eigenvalue weighted by Gasteiger charge is 2.43. The van der Waals surface area contributed by atoms with E-state index in [1.807, 2.05) is 49.4 Å². The lowest BCUT2D eigenvalue weighted by Crippen LogP contribution is -2.51. The minimum Gasteiger partial charge on any atom is -0.494 e. The first-order chi connectivity index (χ1) is 15.6. The highest BCUT2D eigenvalue weighted by molar-refractivity contribution is 5.90. The fourth-order valence-corrected chi connectivity index (χ4v) is 5.11. The normalized spacial score (nSPS) is 21.2. The van der Waals surface area contributed by atoms with E-state index in [9.17, 15) is 10.2 Å². The van der Waals surface area contributed by atoms with E-state index in [2.05, 4.69) is 23.1 Å². The number of aliphatic hydroxyl groups excluding tert-OH is 2. The first-order valence-corrected chi connectivity index (χ1v) is 11.6. The lowest BCUT2D eigenvalue weighted by Gasteiger charge is -2.46. The molecule has 2 atom stereocenters. The molecular weight excluding hydrogens is 402 g/mol. The standard InChI is InChI=1S/C27H31NO4/c1-2-31-21-10-7-20(8-11-21)25(30)18-28-15-13-27(14-16-28)17-24(29)23-12-9-19-5-3-4-6-22(19)26(23)32-27/h3-12,24-25,29-30H,2,13-18H2,1H3. The van der Waals surface area contributed by atoms with E-state index in [0.29, 0.717) is 19.6 Å². The summed E-state index contributed by atoms with van der Waals surface area (Å²) in [5.74, 6) is 1.66. The summed E-state index contributed by atoms with van der Waals surface area (Å²) < 4.78 is 12.1. The second kappa shape index (κ2) is 8.74. The van der Waals surface area contributed by atoms with Gasteiger partial charge in [0, 0.05) is 37.0 Å². The average molecular weight is 434 g/mol. The van der Waals surface area contributed by atoms with Gasteiger partial charge in [-0.15, -0.1) is 0 Å². The predicted molar refractivity (Wildman–Crippen MR) is 125 cm³/mol. The molecule has 2 N–H and O–H groups in total. The number of rotatable bonds is 5. The van der Waals surface area contributed by atoms with Crippen LogP contribution in [0.5, 0.6) is 11.5 Å². The van der Waals surface area contributed by atoms with Crippen molar-refractivity contribution in [1.82, 2.24) is 4.90 Å². The van der Waals surface area contributed by atoms with Gasteiger partial charge < -0.3 is 24.6 Å². The number of ether oxygens (including phenoxy) is 2. The number of benzene rings is 3. The van der Waals surface area contributed by atoms with Crippen LogP contribution in [0, 0.1) is 0 Å². The van der Waals surface area contributed by atoms with Gasteiger partial charge in [-0.1, -0.05) is 48.5 Å². The lowest BCUT2D eigenvalue weighted by atomic mass is 9.81. The first kappa shape index (κ1) is 21.3. The van der Waals surface area contributed by atoms with Gasteiger partial charge in [-0.25, -0.2) is 0 Å². The van der Waals surface area contributed by atoms with Gasteiger partial charge in [-0.05, 0) is 42.8 Å². The predicted octanol–water partition coefficient (Wildman–Crippen LogP) is 4.62. The summed E-state index contributed by atoms with van der Waals surface area (Å²) in [7, 11) is 0. The fourth-order valence-electron chi connectivity index (χ4n) is 5.11. The Morgan fingerprint density at radius 2 is 1.81 bits per heavy atom. The molecule has 0 amide bonds. The van der Waals surface area contributed by atoms with E-state index in [0.717, 1.165) is 59.3 Å². The smallest absolute Gasteiger partial charge is 0.133 e. The summed E-state index contributed by atoms with van der Waals surface area (Å²) in [6.07, 6.45) is 1.24. The number of aliphatic hydroxyl groups is 2. The molecule has 3 aromatic rings. The van der Waals surface area contributed by atoms with E-state index >= 15 is 0 Å². The van der Waals surface area contributed by atoms with Crippen molar-refractivity contribution in [2.24, 2.45) is 0 Å². The third-order valence-corrected chi connectivity index (χ3v) is 6.93. The van der Waals surface area contributed by atoms with Crippen LogP contribution in [0.3, 0.4) is 0 Å². The maximum Gasteiger partial charge on any atom is 0.133 e. The number of β-amino-alcohol motifs (C(OH)–C–C–N with tert-alkyl or cyclic N) is 1. The molecule has 2 aliphatic rings. The van der Waals surface area contributed by atoms with Gasteiger partial charge in [0.25, 0.3) is 0 Å². The average Bonchev–Trinajstić information content (AvgIpc) is 2.81. The van der Waals surface area contributed by atoms with Crippen LogP contribution in [0.2, 0.25) is 0 Å². The number of hydrogen-bond acceptors (Lipinski definition) is 5. The quantitative estimate of drug-likeness (QED) is 0.615. The van der Waals surface area contributed by atoms with E-state index in [1.54, 1.807) is 0 Å². The molecule has 2 unspecified atom stereocenters. The Balaban J connectivity index is 1.26. The van der Waals surface area contributed by atoms with Crippen LogP contribution < -0.4 is 9.47 Å². The number of piperidine rings is 1. The molecule has 3 aromatic carbocycles. The van der Waals surface area contributed by atoms with Crippen molar-refractivity contribution < 1.29 is 19.7 Å². The molecule has 0 bridgehead atoms. The van der Waals surface area contributed by atoms with Crippen molar-refractivity contribution >= 4 is 10.8 Å². The fraction of sp³-hybridized carbons (Fsp3) is 0.407. The molecule has 0 aromatic heterocycles. The van der Waals surface area contributed by atoms with Crippen LogP contribution in [0.1, 0.15) is 49.5 Å². The minimum atomic E-state index is -0.540. The molecule has 0 radical (unpaired) electrons. The van der Waals surface area contributed by atoms with Gasteiger partial charge in [-0.2, -0.15) is 0 Å². The van der Waals surface area contributed by atoms with Crippen molar-refractivity contribution in [2.75, 3.05) is 26.2 Å². The largest absolute Gasteiger partial charge is 0.494 e.